The third-order valence-corrected chi connectivity index (χ3v) is 8.80. The molecule has 2 heterocycles. The molecule has 1 aromatic carbocycles. The molecular weight excluding hydrogens is 530 g/mol. The molecule has 1 aliphatic carbocycles. The maximum Gasteiger partial charge on any atom is 0.196 e. The van der Waals surface area contributed by atoms with Crippen LogP contribution < -0.4 is 15.4 Å². The lowest BCUT2D eigenvalue weighted by atomic mass is 9.81. The van der Waals surface area contributed by atoms with Gasteiger partial charge in [-0.2, -0.15) is 0 Å². The number of benzene rings is 1. The summed E-state index contributed by atoms with van der Waals surface area (Å²) in [5.74, 6) is 2.84. The average molecular weight is 583 g/mol. The molecular formula is C34H52N3O5+. The Bertz CT molecular complexity index is 1070. The Morgan fingerprint density at radius 2 is 2.05 bits per heavy atom. The number of hydrogen-bond acceptors (Lipinski definition) is 7. The number of rotatable bonds is 18. The van der Waals surface area contributed by atoms with Crippen LogP contribution in [-0.2, 0) is 6.42 Å². The summed E-state index contributed by atoms with van der Waals surface area (Å²) in [5, 5.41) is 36.7. The Labute approximate surface area is 252 Å². The Kier molecular flexibility index (Phi) is 12.6. The van der Waals surface area contributed by atoms with Gasteiger partial charge in [0.25, 0.3) is 0 Å². The molecule has 0 amide bonds. The van der Waals surface area contributed by atoms with Gasteiger partial charge in [0.2, 0.25) is 0 Å². The van der Waals surface area contributed by atoms with Crippen LogP contribution in [0.25, 0.3) is 0 Å². The number of ether oxygens (including phenoxy) is 2. The number of aliphatic imine (C=N–C) groups is 1. The number of aromatic hydroxyl groups is 1. The Morgan fingerprint density at radius 3 is 2.76 bits per heavy atom. The minimum atomic E-state index is -0.362. The molecule has 8 heteroatoms. The highest BCUT2D eigenvalue weighted by atomic mass is 16.5. The highest BCUT2D eigenvalue weighted by Crippen LogP contribution is 2.38. The van der Waals surface area contributed by atoms with E-state index in [0.29, 0.717) is 30.7 Å². The van der Waals surface area contributed by atoms with Gasteiger partial charge in [0.1, 0.15) is 30.9 Å². The van der Waals surface area contributed by atoms with Gasteiger partial charge >= 0.3 is 0 Å². The molecule has 1 fully saturated rings. The Morgan fingerprint density at radius 1 is 1.24 bits per heavy atom. The van der Waals surface area contributed by atoms with E-state index < -0.39 is 0 Å². The molecule has 4 atom stereocenters. The van der Waals surface area contributed by atoms with E-state index in [1.165, 1.54) is 31.6 Å². The molecule has 2 aliphatic heterocycles. The molecule has 232 valence electrons. The molecule has 0 bridgehead atoms. The van der Waals surface area contributed by atoms with Crippen LogP contribution in [0.5, 0.6) is 11.5 Å². The smallest absolute Gasteiger partial charge is 0.196 e. The summed E-state index contributed by atoms with van der Waals surface area (Å²) in [4.78, 5) is 4.77. The van der Waals surface area contributed by atoms with Crippen molar-refractivity contribution in [3.05, 3.63) is 59.2 Å². The van der Waals surface area contributed by atoms with Crippen molar-refractivity contribution in [3.63, 3.8) is 0 Å². The van der Waals surface area contributed by atoms with Crippen LogP contribution in [0, 0.1) is 23.9 Å². The van der Waals surface area contributed by atoms with Crippen molar-refractivity contribution in [2.24, 2.45) is 16.8 Å². The molecule has 0 aromatic heterocycles. The second-order valence-electron chi connectivity index (χ2n) is 12.1. The van der Waals surface area contributed by atoms with E-state index >= 15 is 0 Å². The van der Waals surface area contributed by atoms with Crippen LogP contribution in [0.15, 0.2) is 46.6 Å². The molecule has 42 heavy (non-hydrogen) atoms. The molecule has 0 radical (unpaired) electrons. The van der Waals surface area contributed by atoms with Gasteiger partial charge in [-0.15, -0.1) is 16.6 Å². The maximum absolute atomic E-state index is 10.5. The second-order valence-corrected chi connectivity index (χ2v) is 12.1. The number of aliphatic hydroxyl groups is 4. The number of nitrogens with one attached hydrogen (secondary N) is 2. The third-order valence-electron chi connectivity index (χ3n) is 8.80. The number of aryl methyl sites for hydroxylation is 1. The zero-order valence-corrected chi connectivity index (χ0v) is 25.7. The van der Waals surface area contributed by atoms with E-state index in [-0.39, 0.29) is 30.6 Å². The number of likely N-dealkylation sites (N-methyl/N-ethyl adjacent to an activating group) is 1. The predicted octanol–water partition coefficient (Wildman–Crippen LogP) is 4.16. The molecule has 0 spiro atoms. The molecule has 8 nitrogen and oxygen atoms in total. The molecule has 6 N–H and O–H groups in total. The maximum atomic E-state index is 10.5. The van der Waals surface area contributed by atoms with Crippen molar-refractivity contribution in [1.29, 1.82) is 0 Å². The van der Waals surface area contributed by atoms with E-state index in [4.69, 9.17) is 14.5 Å². The molecule has 1 aromatic rings. The van der Waals surface area contributed by atoms with Gasteiger partial charge < -0.3 is 30.1 Å². The van der Waals surface area contributed by atoms with Gasteiger partial charge in [-0.05, 0) is 69.7 Å². The van der Waals surface area contributed by atoms with Crippen molar-refractivity contribution in [3.8, 4) is 11.5 Å². The first kappa shape index (κ1) is 32.4. The SMILES string of the molecule is CCCCC1[OH+][C-](CCc2ccc(O)c(OC[C@H](NC)C3=C[C+]([C@H](CNC[C@H](C)O)C4CCCC4)C=N3)c2)C=C1CO. The summed E-state index contributed by atoms with van der Waals surface area (Å²) >= 11 is 0. The summed E-state index contributed by atoms with van der Waals surface area (Å²) in [7, 11) is 1.90. The fourth-order valence-electron chi connectivity index (χ4n) is 6.31. The van der Waals surface area contributed by atoms with Gasteiger partial charge in [0.05, 0.1) is 18.1 Å². The lowest BCUT2D eigenvalue weighted by molar-refractivity contribution is -0.0550. The minimum absolute atomic E-state index is 0.0616. The minimum Gasteiger partial charge on any atom is -0.504 e. The largest absolute Gasteiger partial charge is 0.504 e. The first-order valence-corrected chi connectivity index (χ1v) is 15.9. The number of aliphatic hydroxyl groups excluding tert-OH is 2. The lowest BCUT2D eigenvalue weighted by Gasteiger charge is -2.22. The van der Waals surface area contributed by atoms with Crippen LogP contribution in [0.4, 0.5) is 0 Å². The van der Waals surface area contributed by atoms with E-state index in [9.17, 15) is 15.3 Å². The highest BCUT2D eigenvalue weighted by Gasteiger charge is 2.39. The fourth-order valence-corrected chi connectivity index (χ4v) is 6.31. The Balaban J connectivity index is 1.33. The standard InChI is InChI=1S/C34H51N3O5/c1-4-5-10-33-27(21-38)16-28(42-33)13-11-24-12-14-32(40)34(15-24)41-22-31(35-3)30-17-26(19-37-30)29(20-36-18-23(2)39)25-8-6-7-9-25/h12,14-17,19,23,25,29,31,33,35-36,38-39,42H,4-11,13,18,20-22H2,1-3H3/p+1/t23-,29+,31-,33?/m0/s1. The summed E-state index contributed by atoms with van der Waals surface area (Å²) in [6, 6.07) is 5.42. The van der Waals surface area contributed by atoms with Crippen molar-refractivity contribution < 1.29 is 24.8 Å². The summed E-state index contributed by atoms with van der Waals surface area (Å²) < 4.78 is 11.0. The van der Waals surface area contributed by atoms with Crippen molar-refractivity contribution >= 4 is 6.21 Å². The monoisotopic (exact) mass is 582 g/mol. The van der Waals surface area contributed by atoms with E-state index in [2.05, 4.69) is 29.7 Å². The van der Waals surface area contributed by atoms with Gasteiger partial charge in [0, 0.05) is 26.1 Å². The summed E-state index contributed by atoms with van der Waals surface area (Å²) in [5.41, 5.74) is 3.02. The van der Waals surface area contributed by atoms with Crippen LogP contribution in [0.3, 0.4) is 0 Å². The molecule has 3 aliphatic rings. The average Bonchev–Trinajstić information content (AvgIpc) is 3.76. The zero-order valence-electron chi connectivity index (χ0n) is 25.7. The van der Waals surface area contributed by atoms with Crippen molar-refractivity contribution in [1.82, 2.24) is 10.6 Å². The van der Waals surface area contributed by atoms with E-state index in [0.717, 1.165) is 61.6 Å². The second kappa shape index (κ2) is 16.4. The first-order chi connectivity index (χ1) is 20.4. The third kappa shape index (κ3) is 9.01. The molecule has 1 unspecified atom stereocenters. The quantitative estimate of drug-likeness (QED) is 0.131. The number of hydrogen-bond donors (Lipinski definition) is 5. The van der Waals surface area contributed by atoms with Gasteiger partial charge in [-0.25, -0.2) is 0 Å². The first-order valence-electron chi connectivity index (χ1n) is 15.9. The number of phenols is 1. The summed E-state index contributed by atoms with van der Waals surface area (Å²) in [6.07, 6.45) is 16.8. The molecule has 0 saturated heterocycles. The van der Waals surface area contributed by atoms with Crippen LogP contribution >= 0.6 is 0 Å². The van der Waals surface area contributed by atoms with Gasteiger partial charge in [-0.3, -0.25) is 5.32 Å². The highest BCUT2D eigenvalue weighted by molar-refractivity contribution is 5.83. The van der Waals surface area contributed by atoms with E-state index in [1.54, 1.807) is 6.07 Å². The van der Waals surface area contributed by atoms with Crippen molar-refractivity contribution in [2.45, 2.75) is 89.9 Å². The number of phenolic OH excluding ortho intramolecular Hbond substituents is 1. The number of allylic oxidation sites excluding steroid dienone is 1. The lowest BCUT2D eigenvalue weighted by Crippen LogP contribution is -2.35. The molecule has 1 saturated carbocycles. The van der Waals surface area contributed by atoms with Crippen LogP contribution in [-0.4, -0.2) is 77.9 Å². The zero-order chi connectivity index (χ0) is 29.9. The van der Waals surface area contributed by atoms with E-state index in [1.807, 2.05) is 32.3 Å². The fraction of sp³-hybridized carbons (Fsp3) is 0.618. The van der Waals surface area contributed by atoms with Gasteiger partial charge in [0.15, 0.2) is 23.2 Å². The predicted molar refractivity (Wildman–Crippen MR) is 169 cm³/mol. The van der Waals surface area contributed by atoms with Crippen LogP contribution in [0.2, 0.25) is 0 Å². The Hall–Kier alpha value is -2.49. The van der Waals surface area contributed by atoms with Crippen LogP contribution in [0.1, 0.15) is 70.8 Å². The summed E-state index contributed by atoms with van der Waals surface area (Å²) in [6.45, 7) is 5.81. The number of unbranched alkanes of at least 4 members (excludes halogenated alkanes) is 1. The normalized spacial score (nSPS) is 21.1. The molecule has 4 rings (SSSR count). The topological polar surface area (TPSA) is 119 Å². The number of nitrogens with zero attached hydrogens (tertiary/aromatic N) is 1. The van der Waals surface area contributed by atoms with Gasteiger partial charge in [-0.1, -0.05) is 32.3 Å². The van der Waals surface area contributed by atoms with Crippen molar-refractivity contribution in [2.75, 3.05) is 33.4 Å².